The second kappa shape index (κ2) is 5.14. The zero-order chi connectivity index (χ0) is 14.0. The molecule has 0 aliphatic carbocycles. The zero-order valence-corrected chi connectivity index (χ0v) is 12.2. The monoisotopic (exact) mass is 343 g/mol. The van der Waals surface area contributed by atoms with Gasteiger partial charge in [0.1, 0.15) is 5.69 Å². The molecule has 2 aromatic rings. The Kier molecular flexibility index (Phi) is 3.72. The quantitative estimate of drug-likeness (QED) is 0.883. The number of hydrogen-bond acceptors (Lipinski definition) is 4. The topological polar surface area (TPSA) is 91.9 Å². The molecule has 0 saturated heterocycles. The highest BCUT2D eigenvalue weighted by molar-refractivity contribution is 9.10. The first-order valence-corrected chi connectivity index (χ1v) is 7.87. The average Bonchev–Trinajstić information content (AvgIpc) is 2.77. The van der Waals surface area contributed by atoms with Gasteiger partial charge in [-0.05, 0) is 18.2 Å². The van der Waals surface area contributed by atoms with Crippen molar-refractivity contribution in [2.45, 2.75) is 0 Å². The van der Waals surface area contributed by atoms with Gasteiger partial charge in [0.25, 0.3) is 5.91 Å². The number of sulfonamides is 1. The number of nitrogens with zero attached hydrogens (tertiary/aromatic N) is 1. The van der Waals surface area contributed by atoms with Crippen LogP contribution < -0.4 is 4.72 Å². The lowest BCUT2D eigenvalue weighted by Crippen LogP contribution is -2.29. The van der Waals surface area contributed by atoms with E-state index in [9.17, 15) is 13.2 Å². The lowest BCUT2D eigenvalue weighted by Gasteiger charge is -1.98. The second-order valence-electron chi connectivity index (χ2n) is 3.88. The van der Waals surface area contributed by atoms with E-state index < -0.39 is 15.9 Å². The van der Waals surface area contributed by atoms with Gasteiger partial charge in [-0.2, -0.15) is 5.10 Å². The molecule has 100 valence electrons. The summed E-state index contributed by atoms with van der Waals surface area (Å²) in [6, 6.07) is 8.85. The number of nitrogens with one attached hydrogen (secondary N) is 2. The van der Waals surface area contributed by atoms with Crippen LogP contribution in [0, 0.1) is 0 Å². The predicted molar refractivity (Wildman–Crippen MR) is 74.0 cm³/mol. The number of aromatic amines is 1. The van der Waals surface area contributed by atoms with Crippen LogP contribution in [0.4, 0.5) is 0 Å². The third-order valence-electron chi connectivity index (χ3n) is 2.24. The minimum absolute atomic E-state index is 0.0864. The van der Waals surface area contributed by atoms with Gasteiger partial charge in [-0.15, -0.1) is 0 Å². The van der Waals surface area contributed by atoms with Gasteiger partial charge in [-0.1, -0.05) is 28.1 Å². The van der Waals surface area contributed by atoms with E-state index in [1.165, 1.54) is 6.07 Å². The number of amides is 1. The first-order chi connectivity index (χ1) is 8.85. The number of H-pyrrole nitrogens is 1. The molecule has 8 heteroatoms. The summed E-state index contributed by atoms with van der Waals surface area (Å²) < 4.78 is 24.7. The molecular weight excluding hydrogens is 334 g/mol. The molecule has 2 N–H and O–H groups in total. The lowest BCUT2D eigenvalue weighted by atomic mass is 10.1. The maximum absolute atomic E-state index is 11.6. The summed E-state index contributed by atoms with van der Waals surface area (Å²) in [5.74, 6) is -0.738. The number of hydrogen-bond donors (Lipinski definition) is 2. The highest BCUT2D eigenvalue weighted by atomic mass is 79.9. The van der Waals surface area contributed by atoms with Gasteiger partial charge in [-0.3, -0.25) is 9.89 Å². The van der Waals surface area contributed by atoms with Gasteiger partial charge in [0.05, 0.1) is 11.9 Å². The SMILES string of the molecule is CS(=O)(=O)NC(=O)c1cc(-c2ccc(Br)cc2)n[nH]1. The van der Waals surface area contributed by atoms with Crippen LogP contribution >= 0.6 is 15.9 Å². The number of halogens is 1. The fourth-order valence-corrected chi connectivity index (χ4v) is 2.14. The van der Waals surface area contributed by atoms with E-state index in [1.54, 1.807) is 0 Å². The number of aromatic nitrogens is 2. The summed E-state index contributed by atoms with van der Waals surface area (Å²) in [5, 5.41) is 6.47. The Bertz CT molecular complexity index is 707. The van der Waals surface area contributed by atoms with Crippen molar-refractivity contribution in [2.24, 2.45) is 0 Å². The normalized spacial score (nSPS) is 11.3. The highest BCUT2D eigenvalue weighted by Gasteiger charge is 2.14. The maximum atomic E-state index is 11.6. The minimum atomic E-state index is -3.59. The number of carbonyl (C=O) groups is 1. The number of carbonyl (C=O) groups excluding carboxylic acids is 1. The Balaban J connectivity index is 2.24. The van der Waals surface area contributed by atoms with Gasteiger partial charge in [-0.25, -0.2) is 13.1 Å². The Morgan fingerprint density at radius 1 is 1.32 bits per heavy atom. The molecule has 0 aliphatic heterocycles. The molecule has 0 aliphatic rings. The maximum Gasteiger partial charge on any atom is 0.282 e. The van der Waals surface area contributed by atoms with Crippen molar-refractivity contribution in [3.8, 4) is 11.3 Å². The van der Waals surface area contributed by atoms with Crippen LogP contribution in [0.25, 0.3) is 11.3 Å². The van der Waals surface area contributed by atoms with Gasteiger partial charge in [0.2, 0.25) is 10.0 Å². The van der Waals surface area contributed by atoms with Crippen molar-refractivity contribution in [2.75, 3.05) is 6.26 Å². The second-order valence-corrected chi connectivity index (χ2v) is 6.54. The molecule has 1 amide bonds. The Morgan fingerprint density at radius 3 is 2.53 bits per heavy atom. The summed E-state index contributed by atoms with van der Waals surface area (Å²) in [4.78, 5) is 11.6. The Labute approximate surface area is 118 Å². The minimum Gasteiger partial charge on any atom is -0.272 e. The zero-order valence-electron chi connectivity index (χ0n) is 9.84. The van der Waals surface area contributed by atoms with E-state index >= 15 is 0 Å². The summed E-state index contributed by atoms with van der Waals surface area (Å²) in [6.45, 7) is 0. The molecule has 19 heavy (non-hydrogen) atoms. The van der Waals surface area contributed by atoms with Crippen molar-refractivity contribution in [1.82, 2.24) is 14.9 Å². The Hall–Kier alpha value is -1.67. The van der Waals surface area contributed by atoms with Crippen molar-refractivity contribution in [3.05, 3.63) is 40.5 Å². The lowest BCUT2D eigenvalue weighted by molar-refractivity contribution is 0.0977. The fourth-order valence-electron chi connectivity index (χ4n) is 1.43. The van der Waals surface area contributed by atoms with Crippen LogP contribution in [0.1, 0.15) is 10.5 Å². The molecule has 0 fully saturated rings. The van der Waals surface area contributed by atoms with Gasteiger partial charge in [0, 0.05) is 10.0 Å². The van der Waals surface area contributed by atoms with E-state index in [4.69, 9.17) is 0 Å². The van der Waals surface area contributed by atoms with E-state index in [0.29, 0.717) is 5.69 Å². The van der Waals surface area contributed by atoms with E-state index in [1.807, 2.05) is 29.0 Å². The van der Waals surface area contributed by atoms with Crippen molar-refractivity contribution in [3.63, 3.8) is 0 Å². The van der Waals surface area contributed by atoms with Crippen molar-refractivity contribution >= 4 is 31.9 Å². The number of rotatable bonds is 3. The van der Waals surface area contributed by atoms with Crippen LogP contribution in [0.2, 0.25) is 0 Å². The van der Waals surface area contributed by atoms with Gasteiger partial charge in [0.15, 0.2) is 0 Å². The van der Waals surface area contributed by atoms with Crippen molar-refractivity contribution in [1.29, 1.82) is 0 Å². The molecule has 0 radical (unpaired) electrons. The first-order valence-electron chi connectivity index (χ1n) is 5.18. The third kappa shape index (κ3) is 3.65. The molecule has 1 heterocycles. The summed E-state index contributed by atoms with van der Waals surface area (Å²) in [6.07, 6.45) is 0.914. The summed E-state index contributed by atoms with van der Waals surface area (Å²) in [7, 11) is -3.59. The van der Waals surface area contributed by atoms with Crippen LogP contribution in [-0.4, -0.2) is 30.8 Å². The molecule has 1 aromatic carbocycles. The summed E-state index contributed by atoms with van der Waals surface area (Å²) in [5.41, 5.74) is 1.47. The molecule has 6 nitrogen and oxygen atoms in total. The first kappa shape index (κ1) is 13.8. The molecule has 0 atom stereocenters. The molecule has 0 saturated carbocycles. The standard InChI is InChI=1S/C11H10BrN3O3S/c1-19(17,18)15-11(16)10-6-9(13-14-10)7-2-4-8(12)5-3-7/h2-6H,1H3,(H,13,14)(H,15,16). The largest absolute Gasteiger partial charge is 0.282 e. The number of benzene rings is 1. The van der Waals surface area contributed by atoms with Crippen LogP contribution in [0.3, 0.4) is 0 Å². The molecule has 1 aromatic heterocycles. The summed E-state index contributed by atoms with van der Waals surface area (Å²) >= 11 is 3.32. The molecule has 0 bridgehead atoms. The van der Waals surface area contributed by atoms with E-state index in [0.717, 1.165) is 16.3 Å². The molecule has 0 spiro atoms. The molecular formula is C11H10BrN3O3S. The third-order valence-corrected chi connectivity index (χ3v) is 3.33. The predicted octanol–water partition coefficient (Wildman–Crippen LogP) is 1.53. The van der Waals surface area contributed by atoms with Crippen LogP contribution in [-0.2, 0) is 10.0 Å². The smallest absolute Gasteiger partial charge is 0.272 e. The van der Waals surface area contributed by atoms with E-state index in [2.05, 4.69) is 26.1 Å². The van der Waals surface area contributed by atoms with Crippen LogP contribution in [0.15, 0.2) is 34.8 Å². The Morgan fingerprint density at radius 2 is 1.95 bits per heavy atom. The highest BCUT2D eigenvalue weighted by Crippen LogP contribution is 2.20. The van der Waals surface area contributed by atoms with Gasteiger partial charge >= 0.3 is 0 Å². The van der Waals surface area contributed by atoms with Crippen LogP contribution in [0.5, 0.6) is 0 Å². The van der Waals surface area contributed by atoms with Gasteiger partial charge < -0.3 is 0 Å². The van der Waals surface area contributed by atoms with E-state index in [-0.39, 0.29) is 5.69 Å². The average molecular weight is 344 g/mol. The fraction of sp³-hybridized carbons (Fsp3) is 0.0909. The van der Waals surface area contributed by atoms with Crippen molar-refractivity contribution < 1.29 is 13.2 Å². The molecule has 2 rings (SSSR count). The molecule has 0 unspecified atom stereocenters.